The first-order valence-corrected chi connectivity index (χ1v) is 6.52. The Morgan fingerprint density at radius 3 is 2.36 bits per heavy atom. The normalized spacial score (nSPS) is 11.5. The summed E-state index contributed by atoms with van der Waals surface area (Å²) in [4.78, 5) is 22.9. The second-order valence-electron chi connectivity index (χ2n) is 4.50. The van der Waals surface area contributed by atoms with Crippen molar-refractivity contribution >= 4 is 12.1 Å². The van der Waals surface area contributed by atoms with Crippen LogP contribution in [0.5, 0.6) is 0 Å². The van der Waals surface area contributed by atoms with Crippen LogP contribution >= 0.6 is 0 Å². The van der Waals surface area contributed by atoms with Crippen molar-refractivity contribution in [3.05, 3.63) is 71.5 Å². The first-order chi connectivity index (χ1) is 10.6. The minimum absolute atomic E-state index is 0.00369. The SMILES string of the molecule is O=C(NC(C(=O)O)c1ccccc1F)OCc1ccccc1. The van der Waals surface area contributed by atoms with Crippen LogP contribution in [0.2, 0.25) is 0 Å². The summed E-state index contributed by atoms with van der Waals surface area (Å²) in [7, 11) is 0. The Hall–Kier alpha value is -2.89. The van der Waals surface area contributed by atoms with E-state index in [-0.39, 0.29) is 12.2 Å². The number of nitrogens with one attached hydrogen (secondary N) is 1. The molecule has 6 heteroatoms. The zero-order valence-electron chi connectivity index (χ0n) is 11.5. The molecule has 0 bridgehead atoms. The summed E-state index contributed by atoms with van der Waals surface area (Å²) in [5.74, 6) is -2.08. The maximum absolute atomic E-state index is 13.6. The lowest BCUT2D eigenvalue weighted by atomic mass is 10.1. The number of halogens is 1. The van der Waals surface area contributed by atoms with E-state index in [9.17, 15) is 14.0 Å². The van der Waals surface area contributed by atoms with Crippen molar-refractivity contribution in [3.63, 3.8) is 0 Å². The quantitative estimate of drug-likeness (QED) is 0.890. The predicted molar refractivity (Wildman–Crippen MR) is 76.5 cm³/mol. The van der Waals surface area contributed by atoms with Crippen LogP contribution in [0.25, 0.3) is 0 Å². The number of ether oxygens (including phenoxy) is 1. The smallest absolute Gasteiger partial charge is 0.408 e. The third-order valence-corrected chi connectivity index (χ3v) is 2.94. The van der Waals surface area contributed by atoms with Crippen molar-refractivity contribution in [2.75, 3.05) is 0 Å². The van der Waals surface area contributed by atoms with E-state index in [1.165, 1.54) is 18.2 Å². The molecule has 0 radical (unpaired) electrons. The highest BCUT2D eigenvalue weighted by Crippen LogP contribution is 2.17. The maximum Gasteiger partial charge on any atom is 0.408 e. The molecule has 5 nitrogen and oxygen atoms in total. The Balaban J connectivity index is 2.01. The summed E-state index contributed by atoms with van der Waals surface area (Å²) in [6, 6.07) is 12.8. The number of alkyl carbamates (subject to hydrolysis) is 1. The molecule has 1 atom stereocenters. The number of hydrogen-bond donors (Lipinski definition) is 2. The number of aliphatic carboxylic acids is 1. The van der Waals surface area contributed by atoms with Gasteiger partial charge >= 0.3 is 12.1 Å². The molecule has 0 spiro atoms. The monoisotopic (exact) mass is 303 g/mol. The Bertz CT molecular complexity index is 660. The van der Waals surface area contributed by atoms with Crippen LogP contribution in [0.15, 0.2) is 54.6 Å². The van der Waals surface area contributed by atoms with E-state index in [2.05, 4.69) is 5.32 Å². The van der Waals surface area contributed by atoms with Gasteiger partial charge in [-0.2, -0.15) is 0 Å². The van der Waals surface area contributed by atoms with Gasteiger partial charge < -0.3 is 15.2 Å². The van der Waals surface area contributed by atoms with Crippen molar-refractivity contribution in [3.8, 4) is 0 Å². The molecule has 2 aromatic carbocycles. The standard InChI is InChI=1S/C16H14FNO4/c17-13-9-5-4-8-12(13)14(15(19)20)18-16(21)22-10-11-6-2-1-3-7-11/h1-9,14H,10H2,(H,18,21)(H,19,20). The summed E-state index contributed by atoms with van der Waals surface area (Å²) in [5.41, 5.74) is 0.627. The first kappa shape index (κ1) is 15.5. The molecule has 114 valence electrons. The molecule has 0 saturated carbocycles. The first-order valence-electron chi connectivity index (χ1n) is 6.52. The molecule has 1 amide bonds. The fourth-order valence-electron chi connectivity index (χ4n) is 1.86. The van der Waals surface area contributed by atoms with E-state index in [1.807, 2.05) is 6.07 Å². The lowest BCUT2D eigenvalue weighted by molar-refractivity contribution is -0.139. The van der Waals surface area contributed by atoms with Gasteiger partial charge in [0.1, 0.15) is 12.4 Å². The molecule has 0 aliphatic heterocycles. The van der Waals surface area contributed by atoms with Crippen LogP contribution in [0.1, 0.15) is 17.2 Å². The molecule has 0 heterocycles. The van der Waals surface area contributed by atoms with Gasteiger partial charge in [0.15, 0.2) is 6.04 Å². The topological polar surface area (TPSA) is 75.6 Å². The average molecular weight is 303 g/mol. The van der Waals surface area contributed by atoms with Gasteiger partial charge in [0.2, 0.25) is 0 Å². The predicted octanol–water partition coefficient (Wildman–Crippen LogP) is 2.88. The number of carboxylic acids is 1. The summed E-state index contributed by atoms with van der Waals surface area (Å²) in [6.07, 6.45) is -0.931. The third kappa shape index (κ3) is 4.05. The fourth-order valence-corrected chi connectivity index (χ4v) is 1.86. The minimum Gasteiger partial charge on any atom is -0.479 e. The molecule has 0 aromatic heterocycles. The molecule has 2 rings (SSSR count). The second-order valence-corrected chi connectivity index (χ2v) is 4.50. The summed E-state index contributed by atoms with van der Waals surface area (Å²) in [5, 5.41) is 11.3. The molecule has 2 N–H and O–H groups in total. The zero-order chi connectivity index (χ0) is 15.9. The highest BCUT2D eigenvalue weighted by Gasteiger charge is 2.25. The number of carbonyl (C=O) groups is 2. The Morgan fingerprint density at radius 2 is 1.73 bits per heavy atom. The van der Waals surface area contributed by atoms with Gasteiger partial charge in [-0.1, -0.05) is 48.5 Å². The molecule has 0 saturated heterocycles. The summed E-state index contributed by atoms with van der Waals surface area (Å²) in [6.45, 7) is -0.00369. The van der Waals surface area contributed by atoms with Gasteiger partial charge in [-0.25, -0.2) is 14.0 Å². The Morgan fingerprint density at radius 1 is 1.09 bits per heavy atom. The molecular formula is C16H14FNO4. The highest BCUT2D eigenvalue weighted by atomic mass is 19.1. The van der Waals surface area contributed by atoms with Gasteiger partial charge in [-0.3, -0.25) is 0 Å². The van der Waals surface area contributed by atoms with Crippen LogP contribution in [0.4, 0.5) is 9.18 Å². The van der Waals surface area contributed by atoms with Crippen LogP contribution in [0, 0.1) is 5.82 Å². The van der Waals surface area contributed by atoms with E-state index in [0.29, 0.717) is 0 Å². The maximum atomic E-state index is 13.6. The largest absolute Gasteiger partial charge is 0.479 e. The van der Waals surface area contributed by atoms with E-state index >= 15 is 0 Å². The molecule has 0 aliphatic carbocycles. The zero-order valence-corrected chi connectivity index (χ0v) is 11.5. The van der Waals surface area contributed by atoms with Crippen molar-refractivity contribution in [1.82, 2.24) is 5.32 Å². The number of carbonyl (C=O) groups excluding carboxylic acids is 1. The average Bonchev–Trinajstić information content (AvgIpc) is 2.52. The number of hydrogen-bond acceptors (Lipinski definition) is 3. The molecular weight excluding hydrogens is 289 g/mol. The number of benzene rings is 2. The van der Waals surface area contributed by atoms with Gasteiger partial charge in [0.05, 0.1) is 0 Å². The number of amides is 1. The molecule has 0 fully saturated rings. The fraction of sp³-hybridized carbons (Fsp3) is 0.125. The second kappa shape index (κ2) is 7.21. The van der Waals surface area contributed by atoms with Gasteiger partial charge in [0, 0.05) is 5.56 Å². The summed E-state index contributed by atoms with van der Waals surface area (Å²) < 4.78 is 18.6. The third-order valence-electron chi connectivity index (χ3n) is 2.94. The molecule has 22 heavy (non-hydrogen) atoms. The lowest BCUT2D eigenvalue weighted by Crippen LogP contribution is -2.34. The molecule has 2 aromatic rings. The van der Waals surface area contributed by atoms with E-state index in [1.54, 1.807) is 24.3 Å². The van der Waals surface area contributed by atoms with Gasteiger partial charge in [-0.05, 0) is 11.6 Å². The van der Waals surface area contributed by atoms with Crippen LogP contribution in [0.3, 0.4) is 0 Å². The Labute approximate surface area is 126 Å². The van der Waals surface area contributed by atoms with Gasteiger partial charge in [-0.15, -0.1) is 0 Å². The number of carboxylic acid groups (broad SMARTS) is 1. The highest BCUT2D eigenvalue weighted by molar-refractivity contribution is 5.81. The molecule has 0 aliphatic rings. The minimum atomic E-state index is -1.51. The van der Waals surface area contributed by atoms with Crippen LogP contribution in [-0.2, 0) is 16.1 Å². The Kier molecular flexibility index (Phi) is 5.08. The van der Waals surface area contributed by atoms with Crippen molar-refractivity contribution in [2.24, 2.45) is 0 Å². The van der Waals surface area contributed by atoms with E-state index in [0.717, 1.165) is 11.6 Å². The van der Waals surface area contributed by atoms with Crippen molar-refractivity contribution in [1.29, 1.82) is 0 Å². The van der Waals surface area contributed by atoms with Gasteiger partial charge in [0.25, 0.3) is 0 Å². The van der Waals surface area contributed by atoms with E-state index in [4.69, 9.17) is 9.84 Å². The van der Waals surface area contributed by atoms with Crippen molar-refractivity contribution < 1.29 is 23.8 Å². The van der Waals surface area contributed by atoms with Crippen LogP contribution in [-0.4, -0.2) is 17.2 Å². The molecule has 1 unspecified atom stereocenters. The lowest BCUT2D eigenvalue weighted by Gasteiger charge is -2.15. The van der Waals surface area contributed by atoms with Crippen molar-refractivity contribution in [2.45, 2.75) is 12.6 Å². The van der Waals surface area contributed by atoms with E-state index < -0.39 is 23.9 Å². The number of rotatable bonds is 5. The van der Waals surface area contributed by atoms with Crippen LogP contribution < -0.4 is 5.32 Å². The summed E-state index contributed by atoms with van der Waals surface area (Å²) >= 11 is 0.